The molecule has 120 valence electrons. The fraction of sp³-hybridized carbons (Fsp3) is 0.308. The summed E-state index contributed by atoms with van der Waals surface area (Å²) in [5.74, 6) is -2.96. The van der Waals surface area contributed by atoms with Gasteiger partial charge < -0.3 is 15.7 Å². The number of carbonyl (C=O) groups is 2. The second-order valence-corrected chi connectivity index (χ2v) is 4.25. The van der Waals surface area contributed by atoms with Crippen LogP contribution in [0.5, 0.6) is 0 Å². The molecule has 0 saturated carbocycles. The smallest absolute Gasteiger partial charge is 0.475 e. The van der Waals surface area contributed by atoms with Crippen LogP contribution in [0.15, 0.2) is 24.9 Å². The third-order valence-corrected chi connectivity index (χ3v) is 2.61. The van der Waals surface area contributed by atoms with E-state index in [1.165, 1.54) is 6.08 Å². The molecule has 0 radical (unpaired) electrons. The third-order valence-electron chi connectivity index (χ3n) is 2.61. The van der Waals surface area contributed by atoms with Crippen LogP contribution in [0.2, 0.25) is 0 Å². The summed E-state index contributed by atoms with van der Waals surface area (Å²) >= 11 is 0. The Morgan fingerprint density at radius 1 is 1.45 bits per heavy atom. The highest BCUT2D eigenvalue weighted by atomic mass is 19.4. The number of halogens is 3. The molecule has 0 atom stereocenters. The van der Waals surface area contributed by atoms with Crippen molar-refractivity contribution in [2.24, 2.45) is 0 Å². The van der Waals surface area contributed by atoms with Gasteiger partial charge in [-0.3, -0.25) is 9.78 Å². The molecule has 0 spiro atoms. The molecular weight excluding hydrogens is 303 g/mol. The Morgan fingerprint density at radius 2 is 2.09 bits per heavy atom. The van der Waals surface area contributed by atoms with E-state index < -0.39 is 12.1 Å². The van der Waals surface area contributed by atoms with Gasteiger partial charge in [-0.05, 0) is 17.7 Å². The zero-order chi connectivity index (χ0) is 16.8. The first-order valence-electron chi connectivity index (χ1n) is 6.16. The minimum Gasteiger partial charge on any atom is -0.475 e. The number of hydrogen-bond donors (Lipinski definition) is 3. The molecule has 22 heavy (non-hydrogen) atoms. The molecule has 1 amide bonds. The number of nitrogens with one attached hydrogen (secondary N) is 2. The van der Waals surface area contributed by atoms with Crippen LogP contribution in [0.4, 0.5) is 18.9 Å². The van der Waals surface area contributed by atoms with Gasteiger partial charge in [0.15, 0.2) is 0 Å². The van der Waals surface area contributed by atoms with Crippen LogP contribution in [0.25, 0.3) is 0 Å². The van der Waals surface area contributed by atoms with Gasteiger partial charge in [0.25, 0.3) is 0 Å². The molecule has 0 aliphatic carbocycles. The fourth-order valence-electron chi connectivity index (χ4n) is 1.61. The summed E-state index contributed by atoms with van der Waals surface area (Å²) in [7, 11) is 0. The summed E-state index contributed by atoms with van der Waals surface area (Å²) in [4.78, 5) is 24.3. The highest BCUT2D eigenvalue weighted by molar-refractivity contribution is 5.98. The number of anilines is 1. The molecule has 1 aliphatic rings. The molecule has 1 aromatic rings. The number of fused-ring (bicyclic) bond motifs is 1. The van der Waals surface area contributed by atoms with Crippen molar-refractivity contribution in [3.8, 4) is 0 Å². The van der Waals surface area contributed by atoms with Crippen LogP contribution in [-0.4, -0.2) is 34.7 Å². The molecule has 2 rings (SSSR count). The van der Waals surface area contributed by atoms with E-state index in [1.807, 2.05) is 6.07 Å². The standard InChI is InChI=1S/C11H13N3O.C2HF3O2/c1-2-11(15)14-9-5-8-6-12-4-3-10(8)13-7-9;3-2(4,5)1(6)7/h2,5,7,12H,1,3-4,6H2,(H,14,15);(H,6,7). The predicted molar refractivity (Wildman–Crippen MR) is 72.2 cm³/mol. The second-order valence-electron chi connectivity index (χ2n) is 4.25. The van der Waals surface area contributed by atoms with E-state index in [2.05, 4.69) is 22.2 Å². The maximum atomic E-state index is 11.1. The molecule has 0 unspecified atom stereocenters. The Kier molecular flexibility index (Phi) is 6.05. The van der Waals surface area contributed by atoms with E-state index in [1.54, 1.807) is 6.20 Å². The third kappa shape index (κ3) is 5.52. The van der Waals surface area contributed by atoms with Crippen molar-refractivity contribution in [1.29, 1.82) is 0 Å². The first-order valence-corrected chi connectivity index (χ1v) is 6.16. The van der Waals surface area contributed by atoms with Crippen molar-refractivity contribution in [2.45, 2.75) is 19.1 Å². The van der Waals surface area contributed by atoms with Crippen molar-refractivity contribution in [2.75, 3.05) is 11.9 Å². The largest absolute Gasteiger partial charge is 0.490 e. The average molecular weight is 317 g/mol. The van der Waals surface area contributed by atoms with Crippen molar-refractivity contribution in [1.82, 2.24) is 10.3 Å². The molecule has 0 saturated heterocycles. The normalized spacial score (nSPS) is 13.2. The minimum absolute atomic E-state index is 0.208. The quantitative estimate of drug-likeness (QED) is 0.719. The van der Waals surface area contributed by atoms with E-state index in [9.17, 15) is 18.0 Å². The van der Waals surface area contributed by atoms with Crippen LogP contribution in [0, 0.1) is 0 Å². The van der Waals surface area contributed by atoms with E-state index in [0.29, 0.717) is 0 Å². The number of hydrogen-bond acceptors (Lipinski definition) is 4. The van der Waals surface area contributed by atoms with Gasteiger partial charge >= 0.3 is 12.1 Å². The summed E-state index contributed by atoms with van der Waals surface area (Å²) in [6, 6.07) is 1.95. The number of nitrogens with zero attached hydrogens (tertiary/aromatic N) is 1. The number of rotatable bonds is 2. The Labute approximate surface area is 124 Å². The Balaban J connectivity index is 0.000000295. The Morgan fingerprint density at radius 3 is 2.64 bits per heavy atom. The highest BCUT2D eigenvalue weighted by Crippen LogP contribution is 2.16. The molecule has 2 heterocycles. The van der Waals surface area contributed by atoms with E-state index in [0.717, 1.165) is 36.5 Å². The molecule has 0 bridgehead atoms. The van der Waals surface area contributed by atoms with Gasteiger partial charge in [-0.2, -0.15) is 13.2 Å². The summed E-state index contributed by atoms with van der Waals surface area (Å²) in [6.45, 7) is 5.19. The van der Waals surface area contributed by atoms with Gasteiger partial charge in [0.1, 0.15) is 0 Å². The van der Waals surface area contributed by atoms with Gasteiger partial charge in [-0.1, -0.05) is 6.58 Å². The average Bonchev–Trinajstić information content (AvgIpc) is 2.46. The lowest BCUT2D eigenvalue weighted by atomic mass is 10.1. The Bertz CT molecular complexity index is 573. The zero-order valence-corrected chi connectivity index (χ0v) is 11.4. The van der Waals surface area contributed by atoms with Crippen molar-refractivity contribution in [3.05, 3.63) is 36.2 Å². The van der Waals surface area contributed by atoms with Crippen LogP contribution in [0.3, 0.4) is 0 Å². The molecule has 3 N–H and O–H groups in total. The number of carboxylic acids is 1. The highest BCUT2D eigenvalue weighted by Gasteiger charge is 2.38. The maximum absolute atomic E-state index is 11.1. The van der Waals surface area contributed by atoms with Gasteiger partial charge in [0.2, 0.25) is 5.91 Å². The number of carboxylic acid groups (broad SMARTS) is 1. The predicted octanol–water partition coefficient (Wildman–Crippen LogP) is 1.49. The number of carbonyl (C=O) groups excluding carboxylic acids is 1. The monoisotopic (exact) mass is 317 g/mol. The van der Waals surface area contributed by atoms with Crippen molar-refractivity contribution in [3.63, 3.8) is 0 Å². The number of pyridine rings is 1. The lowest BCUT2D eigenvalue weighted by Crippen LogP contribution is -2.24. The van der Waals surface area contributed by atoms with E-state index in [4.69, 9.17) is 9.90 Å². The van der Waals surface area contributed by atoms with Crippen LogP contribution in [0.1, 0.15) is 11.3 Å². The lowest BCUT2D eigenvalue weighted by Gasteiger charge is -2.16. The Hall–Kier alpha value is -2.42. The lowest BCUT2D eigenvalue weighted by molar-refractivity contribution is -0.192. The molecule has 0 fully saturated rings. The molecule has 1 aromatic heterocycles. The van der Waals surface area contributed by atoms with E-state index >= 15 is 0 Å². The summed E-state index contributed by atoms with van der Waals surface area (Å²) < 4.78 is 31.7. The van der Waals surface area contributed by atoms with Crippen LogP contribution in [-0.2, 0) is 22.6 Å². The summed E-state index contributed by atoms with van der Waals surface area (Å²) in [6.07, 6.45) is -1.20. The van der Waals surface area contributed by atoms with Crippen molar-refractivity contribution >= 4 is 17.6 Å². The van der Waals surface area contributed by atoms with Crippen LogP contribution >= 0.6 is 0 Å². The number of aliphatic carboxylic acids is 1. The van der Waals surface area contributed by atoms with Crippen LogP contribution < -0.4 is 10.6 Å². The zero-order valence-electron chi connectivity index (χ0n) is 11.4. The molecule has 0 aromatic carbocycles. The second kappa shape index (κ2) is 7.55. The van der Waals surface area contributed by atoms with Gasteiger partial charge in [-0.15, -0.1) is 0 Å². The molecule has 6 nitrogen and oxygen atoms in total. The fourth-order valence-corrected chi connectivity index (χ4v) is 1.61. The first kappa shape index (κ1) is 17.6. The molecular formula is C13H14F3N3O3. The van der Waals surface area contributed by atoms with Gasteiger partial charge in [0, 0.05) is 25.2 Å². The van der Waals surface area contributed by atoms with Gasteiger partial charge in [-0.25, -0.2) is 4.79 Å². The number of amides is 1. The summed E-state index contributed by atoms with van der Waals surface area (Å²) in [5, 5.41) is 13.1. The first-order chi connectivity index (χ1) is 10.2. The topological polar surface area (TPSA) is 91.3 Å². The SMILES string of the molecule is C=CC(=O)Nc1cnc2c(c1)CNCC2.O=C(O)C(F)(F)F. The number of alkyl halides is 3. The molecule has 9 heteroatoms. The minimum atomic E-state index is -5.08. The van der Waals surface area contributed by atoms with Crippen molar-refractivity contribution < 1.29 is 27.9 Å². The van der Waals surface area contributed by atoms with Gasteiger partial charge in [0.05, 0.1) is 11.9 Å². The number of aromatic nitrogens is 1. The molecule has 1 aliphatic heterocycles. The summed E-state index contributed by atoms with van der Waals surface area (Å²) in [5.41, 5.74) is 3.00. The maximum Gasteiger partial charge on any atom is 0.490 e. The van der Waals surface area contributed by atoms with E-state index in [-0.39, 0.29) is 5.91 Å².